The number of hydrogen-bond acceptors (Lipinski definition) is 2. The van der Waals surface area contributed by atoms with Crippen molar-refractivity contribution in [2.45, 2.75) is 51.1 Å². The van der Waals surface area contributed by atoms with Gasteiger partial charge in [0.05, 0.1) is 0 Å². The van der Waals surface area contributed by atoms with Gasteiger partial charge in [-0.1, -0.05) is 12.8 Å². The summed E-state index contributed by atoms with van der Waals surface area (Å²) in [6.07, 6.45) is 8.10. The first-order valence-corrected chi connectivity index (χ1v) is 7.51. The number of rotatable bonds is 2. The molecular weight excluding hydrogens is 239 g/mol. The topological polar surface area (TPSA) is 29.3 Å². The molecule has 3 heteroatoms. The average molecular weight is 262 g/mol. The Morgan fingerprint density at radius 3 is 2.74 bits per heavy atom. The molecule has 2 fully saturated rings. The summed E-state index contributed by atoms with van der Waals surface area (Å²) in [7, 11) is 0. The third-order valence-corrected chi connectivity index (χ3v) is 4.72. The van der Waals surface area contributed by atoms with Gasteiger partial charge in [0.2, 0.25) is 0 Å². The standard InChI is InChI=1S/C16H23FN2/c17-14-8-12(9-15(18)10-14)11-19-7-3-5-13-4-1-2-6-16(13)19/h8-10,13,16H,1-7,11,18H2/t13-,16-/m1/s1. The molecule has 19 heavy (non-hydrogen) atoms. The van der Waals surface area contributed by atoms with Crippen LogP contribution in [0.25, 0.3) is 0 Å². The van der Waals surface area contributed by atoms with E-state index in [0.717, 1.165) is 24.6 Å². The number of nitrogens with zero attached hydrogens (tertiary/aromatic N) is 1. The van der Waals surface area contributed by atoms with E-state index in [2.05, 4.69) is 4.90 Å². The molecule has 1 aromatic rings. The Morgan fingerprint density at radius 1 is 1.11 bits per heavy atom. The highest BCUT2D eigenvalue weighted by Crippen LogP contribution is 2.36. The van der Waals surface area contributed by atoms with Crippen LogP contribution in [-0.2, 0) is 6.54 Å². The number of nitrogen functional groups attached to an aromatic ring is 1. The van der Waals surface area contributed by atoms with E-state index in [4.69, 9.17) is 5.73 Å². The van der Waals surface area contributed by atoms with Crippen LogP contribution in [0.3, 0.4) is 0 Å². The number of nitrogens with two attached hydrogens (primary N) is 1. The largest absolute Gasteiger partial charge is 0.399 e. The molecule has 1 heterocycles. The van der Waals surface area contributed by atoms with Gasteiger partial charge in [-0.25, -0.2) is 4.39 Å². The van der Waals surface area contributed by atoms with Gasteiger partial charge in [-0.05, 0) is 61.9 Å². The fourth-order valence-electron chi connectivity index (χ4n) is 3.93. The Bertz CT molecular complexity index is 424. The fraction of sp³-hybridized carbons (Fsp3) is 0.625. The average Bonchev–Trinajstić information content (AvgIpc) is 2.38. The van der Waals surface area contributed by atoms with Crippen molar-refractivity contribution in [2.75, 3.05) is 12.3 Å². The molecule has 1 aliphatic carbocycles. The first-order chi connectivity index (χ1) is 9.22. The second kappa shape index (κ2) is 5.49. The number of likely N-dealkylation sites (tertiary alicyclic amines) is 1. The Morgan fingerprint density at radius 2 is 1.89 bits per heavy atom. The molecule has 1 saturated carbocycles. The van der Waals surface area contributed by atoms with Gasteiger partial charge in [0.1, 0.15) is 5.82 Å². The minimum absolute atomic E-state index is 0.216. The van der Waals surface area contributed by atoms with Gasteiger partial charge in [-0.2, -0.15) is 0 Å². The molecule has 3 rings (SSSR count). The predicted molar refractivity (Wildman–Crippen MR) is 76.2 cm³/mol. The Labute approximate surface area is 114 Å². The van der Waals surface area contributed by atoms with Crippen molar-refractivity contribution in [2.24, 2.45) is 5.92 Å². The van der Waals surface area contributed by atoms with Gasteiger partial charge in [-0.3, -0.25) is 4.90 Å². The van der Waals surface area contributed by atoms with Crippen molar-refractivity contribution in [3.63, 3.8) is 0 Å². The molecule has 0 amide bonds. The van der Waals surface area contributed by atoms with Crippen LogP contribution in [0.5, 0.6) is 0 Å². The summed E-state index contributed by atoms with van der Waals surface area (Å²) in [4.78, 5) is 2.56. The third-order valence-electron chi connectivity index (χ3n) is 4.72. The van der Waals surface area contributed by atoms with Crippen LogP contribution in [0.4, 0.5) is 10.1 Å². The van der Waals surface area contributed by atoms with Crippen LogP contribution >= 0.6 is 0 Å². The minimum atomic E-state index is -0.216. The summed E-state index contributed by atoms with van der Waals surface area (Å²) in [5, 5.41) is 0. The molecule has 0 aromatic heterocycles. The molecule has 2 atom stereocenters. The molecule has 2 N–H and O–H groups in total. The molecule has 2 aliphatic rings. The van der Waals surface area contributed by atoms with Gasteiger partial charge < -0.3 is 5.73 Å². The van der Waals surface area contributed by atoms with Gasteiger partial charge in [-0.15, -0.1) is 0 Å². The summed E-state index contributed by atoms with van der Waals surface area (Å²) in [6, 6.07) is 5.65. The normalized spacial score (nSPS) is 28.1. The van der Waals surface area contributed by atoms with Crippen LogP contribution in [0.15, 0.2) is 18.2 Å². The summed E-state index contributed by atoms with van der Waals surface area (Å²) >= 11 is 0. The monoisotopic (exact) mass is 262 g/mol. The van der Waals surface area contributed by atoms with E-state index in [1.54, 1.807) is 6.07 Å². The van der Waals surface area contributed by atoms with Gasteiger partial charge in [0.15, 0.2) is 0 Å². The lowest BCUT2D eigenvalue weighted by Crippen LogP contribution is -2.46. The minimum Gasteiger partial charge on any atom is -0.399 e. The van der Waals surface area contributed by atoms with Crippen molar-refractivity contribution in [3.05, 3.63) is 29.6 Å². The molecule has 0 radical (unpaired) electrons. The van der Waals surface area contributed by atoms with Crippen LogP contribution in [-0.4, -0.2) is 17.5 Å². The SMILES string of the molecule is Nc1cc(F)cc(CN2CCC[C@H]3CCCC[C@H]32)c1. The predicted octanol–water partition coefficient (Wildman–Crippen LogP) is 3.56. The molecule has 0 spiro atoms. The molecule has 1 aliphatic heterocycles. The quantitative estimate of drug-likeness (QED) is 0.826. The fourth-order valence-corrected chi connectivity index (χ4v) is 3.93. The Balaban J connectivity index is 1.74. The molecule has 0 bridgehead atoms. The van der Waals surface area contributed by atoms with E-state index < -0.39 is 0 Å². The molecule has 1 saturated heterocycles. The first kappa shape index (κ1) is 12.9. The number of halogens is 1. The van der Waals surface area contributed by atoms with Crippen molar-refractivity contribution >= 4 is 5.69 Å². The van der Waals surface area contributed by atoms with E-state index >= 15 is 0 Å². The molecule has 104 valence electrons. The smallest absolute Gasteiger partial charge is 0.125 e. The van der Waals surface area contributed by atoms with Crippen LogP contribution in [0.2, 0.25) is 0 Å². The van der Waals surface area contributed by atoms with Gasteiger partial charge in [0.25, 0.3) is 0 Å². The Hall–Kier alpha value is -1.09. The maximum atomic E-state index is 13.4. The van der Waals surface area contributed by atoms with Crippen LogP contribution in [0, 0.1) is 11.7 Å². The van der Waals surface area contributed by atoms with Gasteiger partial charge in [0, 0.05) is 18.3 Å². The highest BCUT2D eigenvalue weighted by molar-refractivity contribution is 5.41. The van der Waals surface area contributed by atoms with Gasteiger partial charge >= 0.3 is 0 Å². The zero-order chi connectivity index (χ0) is 13.2. The number of fused-ring (bicyclic) bond motifs is 1. The number of benzene rings is 1. The van der Waals surface area contributed by atoms with E-state index in [0.29, 0.717) is 11.7 Å². The van der Waals surface area contributed by atoms with Crippen LogP contribution in [0.1, 0.15) is 44.1 Å². The number of piperidine rings is 1. The first-order valence-electron chi connectivity index (χ1n) is 7.51. The second-order valence-corrected chi connectivity index (χ2v) is 6.12. The summed E-state index contributed by atoms with van der Waals surface area (Å²) < 4.78 is 13.4. The highest BCUT2D eigenvalue weighted by atomic mass is 19.1. The van der Waals surface area contributed by atoms with Crippen molar-refractivity contribution in [3.8, 4) is 0 Å². The zero-order valence-corrected chi connectivity index (χ0v) is 11.4. The summed E-state index contributed by atoms with van der Waals surface area (Å²) in [6.45, 7) is 2.00. The lowest BCUT2D eigenvalue weighted by Gasteiger charge is -2.44. The molecule has 0 unspecified atom stereocenters. The van der Waals surface area contributed by atoms with E-state index in [9.17, 15) is 4.39 Å². The van der Waals surface area contributed by atoms with E-state index in [1.807, 2.05) is 6.07 Å². The molecular formula is C16H23FN2. The molecule has 2 nitrogen and oxygen atoms in total. The third kappa shape index (κ3) is 2.92. The Kier molecular flexibility index (Phi) is 3.74. The van der Waals surface area contributed by atoms with E-state index in [1.165, 1.54) is 44.6 Å². The maximum Gasteiger partial charge on any atom is 0.125 e. The summed E-state index contributed by atoms with van der Waals surface area (Å²) in [5.41, 5.74) is 7.29. The summed E-state index contributed by atoms with van der Waals surface area (Å²) in [5.74, 6) is 0.653. The lowest BCUT2D eigenvalue weighted by molar-refractivity contribution is 0.0546. The van der Waals surface area contributed by atoms with Crippen molar-refractivity contribution in [1.29, 1.82) is 0 Å². The number of anilines is 1. The lowest BCUT2D eigenvalue weighted by atomic mass is 9.78. The maximum absolute atomic E-state index is 13.4. The van der Waals surface area contributed by atoms with Crippen LogP contribution < -0.4 is 5.73 Å². The second-order valence-electron chi connectivity index (χ2n) is 6.12. The molecule has 1 aromatic carbocycles. The number of hydrogen-bond donors (Lipinski definition) is 1. The van der Waals surface area contributed by atoms with E-state index in [-0.39, 0.29) is 5.82 Å². The van der Waals surface area contributed by atoms with Crippen molar-refractivity contribution < 1.29 is 4.39 Å². The highest BCUT2D eigenvalue weighted by Gasteiger charge is 2.32. The zero-order valence-electron chi connectivity index (χ0n) is 11.4. The van der Waals surface area contributed by atoms with Crippen molar-refractivity contribution in [1.82, 2.24) is 4.90 Å².